The fourth-order valence-corrected chi connectivity index (χ4v) is 3.25. The van der Waals surface area contributed by atoms with Crippen LogP contribution in [0.2, 0.25) is 0 Å². The van der Waals surface area contributed by atoms with Gasteiger partial charge in [-0.25, -0.2) is 0 Å². The van der Waals surface area contributed by atoms with Gasteiger partial charge in [0.1, 0.15) is 5.54 Å². The first-order valence-electron chi connectivity index (χ1n) is 7.54. The molecule has 1 N–H and O–H groups in total. The van der Waals surface area contributed by atoms with Crippen LogP contribution in [0.1, 0.15) is 38.7 Å². The van der Waals surface area contributed by atoms with Crippen molar-refractivity contribution in [1.29, 1.82) is 5.26 Å². The van der Waals surface area contributed by atoms with Crippen molar-refractivity contribution in [2.24, 2.45) is 0 Å². The predicted octanol–water partition coefficient (Wildman–Crippen LogP) is 2.89. The number of benzene rings is 1. The molecule has 1 fully saturated rings. The van der Waals surface area contributed by atoms with Crippen LogP contribution in [-0.2, 0) is 5.54 Å². The Bertz CT molecular complexity index is 455. The lowest BCUT2D eigenvalue weighted by molar-refractivity contribution is 0.0791. The highest BCUT2D eigenvalue weighted by molar-refractivity contribution is 5.32. The number of piperidine rings is 1. The predicted molar refractivity (Wildman–Crippen MR) is 82.3 cm³/mol. The van der Waals surface area contributed by atoms with Crippen LogP contribution in [0.5, 0.6) is 0 Å². The molecule has 20 heavy (non-hydrogen) atoms. The minimum Gasteiger partial charge on any atom is -0.298 e. The summed E-state index contributed by atoms with van der Waals surface area (Å²) < 4.78 is 0. The standard InChI is InChI=1S/C17H25N3/c1-14-8-7-9-15(2)20(14)13-17(12-18,19-3)16-10-5-4-6-11-16/h4-6,10-11,14-15,19H,7-9,13H2,1-3H3. The Labute approximate surface area is 122 Å². The van der Waals surface area contributed by atoms with Gasteiger partial charge in [0.05, 0.1) is 6.07 Å². The molecule has 0 bridgehead atoms. The minimum atomic E-state index is -0.624. The highest BCUT2D eigenvalue weighted by Crippen LogP contribution is 2.28. The second-order valence-electron chi connectivity index (χ2n) is 5.93. The Morgan fingerprint density at radius 2 is 1.85 bits per heavy atom. The van der Waals surface area contributed by atoms with E-state index in [-0.39, 0.29) is 0 Å². The second kappa shape index (κ2) is 6.39. The average Bonchev–Trinajstić information content (AvgIpc) is 2.49. The summed E-state index contributed by atoms with van der Waals surface area (Å²) in [5.74, 6) is 0. The third-order valence-electron chi connectivity index (χ3n) is 4.68. The second-order valence-corrected chi connectivity index (χ2v) is 5.93. The first-order valence-corrected chi connectivity index (χ1v) is 7.54. The van der Waals surface area contributed by atoms with Gasteiger partial charge in [0.2, 0.25) is 0 Å². The van der Waals surface area contributed by atoms with Gasteiger partial charge in [0.25, 0.3) is 0 Å². The maximum Gasteiger partial charge on any atom is 0.144 e. The minimum absolute atomic E-state index is 0.545. The van der Waals surface area contributed by atoms with Crippen molar-refractivity contribution in [2.75, 3.05) is 13.6 Å². The number of hydrogen-bond donors (Lipinski definition) is 1. The zero-order valence-corrected chi connectivity index (χ0v) is 12.8. The normalized spacial score (nSPS) is 26.7. The Kier molecular flexibility index (Phi) is 4.80. The van der Waals surface area contributed by atoms with Gasteiger partial charge in [0.15, 0.2) is 0 Å². The third kappa shape index (κ3) is 2.87. The van der Waals surface area contributed by atoms with E-state index in [1.165, 1.54) is 19.3 Å². The summed E-state index contributed by atoms with van der Waals surface area (Å²) in [7, 11) is 1.88. The summed E-state index contributed by atoms with van der Waals surface area (Å²) in [5, 5.41) is 13.1. The molecule has 3 heteroatoms. The zero-order valence-electron chi connectivity index (χ0n) is 12.8. The monoisotopic (exact) mass is 271 g/mol. The topological polar surface area (TPSA) is 39.1 Å². The van der Waals surface area contributed by atoms with E-state index in [0.29, 0.717) is 12.1 Å². The van der Waals surface area contributed by atoms with E-state index in [1.807, 2.05) is 37.4 Å². The fourth-order valence-electron chi connectivity index (χ4n) is 3.25. The van der Waals surface area contributed by atoms with E-state index in [1.54, 1.807) is 0 Å². The van der Waals surface area contributed by atoms with Gasteiger partial charge in [-0.15, -0.1) is 0 Å². The van der Waals surface area contributed by atoms with Gasteiger partial charge in [-0.1, -0.05) is 36.8 Å². The number of nitrogens with one attached hydrogen (secondary N) is 1. The van der Waals surface area contributed by atoms with Crippen LogP contribution in [0.25, 0.3) is 0 Å². The van der Waals surface area contributed by atoms with Crippen LogP contribution in [0.15, 0.2) is 30.3 Å². The highest BCUT2D eigenvalue weighted by Gasteiger charge is 2.36. The highest BCUT2D eigenvalue weighted by atomic mass is 15.2. The Balaban J connectivity index is 2.28. The molecule has 3 unspecified atom stereocenters. The largest absolute Gasteiger partial charge is 0.298 e. The van der Waals surface area contributed by atoms with E-state index in [0.717, 1.165) is 12.1 Å². The van der Waals surface area contributed by atoms with Crippen molar-refractivity contribution < 1.29 is 0 Å². The van der Waals surface area contributed by atoms with Gasteiger partial charge < -0.3 is 0 Å². The molecule has 3 atom stereocenters. The Hall–Kier alpha value is -1.37. The number of rotatable bonds is 4. The molecule has 0 radical (unpaired) electrons. The molecule has 0 amide bonds. The lowest BCUT2D eigenvalue weighted by atomic mass is 9.87. The van der Waals surface area contributed by atoms with Crippen LogP contribution in [0.3, 0.4) is 0 Å². The summed E-state index contributed by atoms with van der Waals surface area (Å²) in [5.41, 5.74) is 0.427. The van der Waals surface area contributed by atoms with Gasteiger partial charge in [-0.3, -0.25) is 10.2 Å². The fraction of sp³-hybridized carbons (Fsp3) is 0.588. The van der Waals surface area contributed by atoms with E-state index in [2.05, 4.69) is 30.1 Å². The van der Waals surface area contributed by atoms with Crippen molar-refractivity contribution in [3.05, 3.63) is 35.9 Å². The zero-order chi connectivity index (χ0) is 14.6. The number of likely N-dealkylation sites (N-methyl/N-ethyl adjacent to an activating group) is 1. The smallest absolute Gasteiger partial charge is 0.144 e. The van der Waals surface area contributed by atoms with Crippen molar-refractivity contribution in [2.45, 2.75) is 50.7 Å². The van der Waals surface area contributed by atoms with E-state index < -0.39 is 5.54 Å². The number of nitriles is 1. The SMILES string of the molecule is CNC(C#N)(CN1C(C)CCCC1C)c1ccccc1. The maximum absolute atomic E-state index is 9.79. The average molecular weight is 271 g/mol. The molecule has 1 saturated heterocycles. The lowest BCUT2D eigenvalue weighted by Crippen LogP contribution is -2.54. The van der Waals surface area contributed by atoms with Crippen LogP contribution in [0, 0.1) is 11.3 Å². The summed E-state index contributed by atoms with van der Waals surface area (Å²) in [6, 6.07) is 13.7. The van der Waals surface area contributed by atoms with E-state index in [9.17, 15) is 5.26 Å². The quantitative estimate of drug-likeness (QED) is 0.915. The molecule has 2 rings (SSSR count). The molecule has 1 aromatic rings. The molecular weight excluding hydrogens is 246 g/mol. The molecular formula is C17H25N3. The maximum atomic E-state index is 9.79. The molecule has 1 aromatic carbocycles. The van der Waals surface area contributed by atoms with Crippen molar-refractivity contribution in [3.8, 4) is 6.07 Å². The number of nitrogens with zero attached hydrogens (tertiary/aromatic N) is 2. The van der Waals surface area contributed by atoms with Crippen molar-refractivity contribution >= 4 is 0 Å². The van der Waals surface area contributed by atoms with Crippen molar-refractivity contribution in [1.82, 2.24) is 10.2 Å². The molecule has 3 nitrogen and oxygen atoms in total. The number of likely N-dealkylation sites (tertiary alicyclic amines) is 1. The molecule has 0 aromatic heterocycles. The molecule has 1 aliphatic rings. The van der Waals surface area contributed by atoms with Crippen LogP contribution in [0.4, 0.5) is 0 Å². The summed E-state index contributed by atoms with van der Waals surface area (Å²) in [4.78, 5) is 2.48. The molecule has 1 aliphatic heterocycles. The van der Waals surface area contributed by atoms with Gasteiger partial charge in [0, 0.05) is 18.6 Å². The van der Waals surface area contributed by atoms with Gasteiger partial charge in [-0.2, -0.15) is 5.26 Å². The molecule has 0 saturated carbocycles. The van der Waals surface area contributed by atoms with Gasteiger partial charge in [-0.05, 0) is 39.3 Å². The summed E-state index contributed by atoms with van der Waals surface area (Å²) >= 11 is 0. The molecule has 0 aliphatic carbocycles. The summed E-state index contributed by atoms with van der Waals surface area (Å²) in [6.07, 6.45) is 3.75. The molecule has 0 spiro atoms. The lowest BCUT2D eigenvalue weighted by Gasteiger charge is -2.43. The van der Waals surface area contributed by atoms with E-state index >= 15 is 0 Å². The van der Waals surface area contributed by atoms with Crippen LogP contribution in [-0.4, -0.2) is 30.6 Å². The van der Waals surface area contributed by atoms with Gasteiger partial charge >= 0.3 is 0 Å². The van der Waals surface area contributed by atoms with Crippen LogP contribution >= 0.6 is 0 Å². The first-order chi connectivity index (χ1) is 9.63. The number of hydrogen-bond acceptors (Lipinski definition) is 3. The third-order valence-corrected chi connectivity index (χ3v) is 4.68. The Morgan fingerprint density at radius 1 is 1.25 bits per heavy atom. The molecule has 1 heterocycles. The van der Waals surface area contributed by atoms with Crippen LogP contribution < -0.4 is 5.32 Å². The van der Waals surface area contributed by atoms with E-state index in [4.69, 9.17) is 0 Å². The van der Waals surface area contributed by atoms with Crippen molar-refractivity contribution in [3.63, 3.8) is 0 Å². The summed E-state index contributed by atoms with van der Waals surface area (Å²) in [6.45, 7) is 5.29. The first kappa shape index (κ1) is 15.0. The Morgan fingerprint density at radius 3 is 2.35 bits per heavy atom. The molecule has 108 valence electrons.